The molecule has 0 aromatic heterocycles. The molecule has 1 N–H and O–H groups in total. The van der Waals surface area contributed by atoms with E-state index in [1.807, 2.05) is 42.5 Å². The summed E-state index contributed by atoms with van der Waals surface area (Å²) in [5, 5.41) is 4.07. The van der Waals surface area contributed by atoms with Crippen LogP contribution in [0.4, 0.5) is 0 Å². The molecule has 23 heavy (non-hydrogen) atoms. The second-order valence-corrected chi connectivity index (χ2v) is 7.03. The molecule has 0 spiro atoms. The highest BCUT2D eigenvalue weighted by Crippen LogP contribution is 2.32. The van der Waals surface area contributed by atoms with Crippen molar-refractivity contribution in [3.63, 3.8) is 0 Å². The van der Waals surface area contributed by atoms with Crippen molar-refractivity contribution in [3.8, 4) is 11.5 Å². The number of ether oxygens (including phenoxy) is 2. The molecular formula is C18H19BrClNO2. The first-order valence-corrected chi connectivity index (χ1v) is 8.88. The maximum atomic E-state index is 6.01. The highest BCUT2D eigenvalue weighted by atomic mass is 79.9. The Hall–Kier alpha value is -1.23. The number of hydrogen-bond donors (Lipinski definition) is 1. The summed E-state index contributed by atoms with van der Waals surface area (Å²) >= 11 is 9.50. The predicted octanol–water partition coefficient (Wildman–Crippen LogP) is 4.67. The van der Waals surface area contributed by atoms with Crippen molar-refractivity contribution in [3.05, 3.63) is 57.5 Å². The van der Waals surface area contributed by atoms with Crippen molar-refractivity contribution in [2.75, 3.05) is 19.7 Å². The molecule has 0 radical (unpaired) electrons. The fraction of sp³-hybridized carbons (Fsp3) is 0.333. The van der Waals surface area contributed by atoms with Crippen LogP contribution >= 0.6 is 27.5 Å². The monoisotopic (exact) mass is 395 g/mol. The maximum Gasteiger partial charge on any atom is 0.162 e. The van der Waals surface area contributed by atoms with Gasteiger partial charge >= 0.3 is 0 Å². The van der Waals surface area contributed by atoms with Crippen molar-refractivity contribution in [1.82, 2.24) is 5.32 Å². The smallest absolute Gasteiger partial charge is 0.162 e. The third-order valence-corrected chi connectivity index (χ3v) is 4.55. The summed E-state index contributed by atoms with van der Waals surface area (Å²) in [7, 11) is 0. The molecule has 1 heterocycles. The second kappa shape index (κ2) is 8.04. The third kappa shape index (κ3) is 4.87. The third-order valence-electron chi connectivity index (χ3n) is 3.83. The normalized spacial score (nSPS) is 17.2. The van der Waals surface area contributed by atoms with Crippen LogP contribution in [0.1, 0.15) is 12.0 Å². The Morgan fingerprint density at radius 2 is 2.04 bits per heavy atom. The van der Waals surface area contributed by atoms with Crippen LogP contribution in [0.3, 0.4) is 0 Å². The molecule has 1 unspecified atom stereocenters. The molecule has 2 aromatic rings. The van der Waals surface area contributed by atoms with Crippen LogP contribution in [-0.4, -0.2) is 19.7 Å². The minimum absolute atomic E-state index is 0.462. The molecule has 2 aromatic carbocycles. The minimum Gasteiger partial charge on any atom is -0.489 e. The molecule has 1 fully saturated rings. The van der Waals surface area contributed by atoms with Gasteiger partial charge in [0.15, 0.2) is 11.5 Å². The van der Waals surface area contributed by atoms with Crippen molar-refractivity contribution in [1.29, 1.82) is 0 Å². The van der Waals surface area contributed by atoms with Gasteiger partial charge in [-0.05, 0) is 48.9 Å². The van der Waals surface area contributed by atoms with Crippen molar-refractivity contribution >= 4 is 27.5 Å². The zero-order valence-electron chi connectivity index (χ0n) is 12.7. The van der Waals surface area contributed by atoms with E-state index in [-0.39, 0.29) is 0 Å². The Morgan fingerprint density at radius 1 is 1.13 bits per heavy atom. The van der Waals surface area contributed by atoms with Gasteiger partial charge in [-0.2, -0.15) is 0 Å². The Balaban J connectivity index is 1.65. The van der Waals surface area contributed by atoms with Crippen LogP contribution in [0.15, 0.2) is 46.9 Å². The molecule has 1 aliphatic rings. The summed E-state index contributed by atoms with van der Waals surface area (Å²) in [6, 6.07) is 13.5. The van der Waals surface area contributed by atoms with Gasteiger partial charge in [-0.25, -0.2) is 0 Å². The zero-order chi connectivity index (χ0) is 16.1. The number of rotatable bonds is 6. The Labute approximate surface area is 150 Å². The minimum atomic E-state index is 0.462. The van der Waals surface area contributed by atoms with E-state index in [1.54, 1.807) is 0 Å². The number of nitrogens with one attached hydrogen (secondary N) is 1. The number of benzene rings is 2. The van der Waals surface area contributed by atoms with Crippen LogP contribution in [-0.2, 0) is 6.61 Å². The van der Waals surface area contributed by atoms with Crippen LogP contribution in [0, 0.1) is 5.92 Å². The fourth-order valence-electron chi connectivity index (χ4n) is 2.57. The SMILES string of the molecule is Clc1cccc(COc2ccc(Br)cc2OCC2CCNC2)c1. The first-order chi connectivity index (χ1) is 11.2. The van der Waals surface area contributed by atoms with E-state index >= 15 is 0 Å². The van der Waals surface area contributed by atoms with Gasteiger partial charge in [-0.3, -0.25) is 0 Å². The lowest BCUT2D eigenvalue weighted by atomic mass is 10.1. The number of hydrogen-bond acceptors (Lipinski definition) is 3. The van der Waals surface area contributed by atoms with Crippen LogP contribution in [0.2, 0.25) is 5.02 Å². The lowest BCUT2D eigenvalue weighted by Crippen LogP contribution is -2.15. The molecule has 1 aliphatic heterocycles. The van der Waals surface area contributed by atoms with E-state index in [1.165, 1.54) is 0 Å². The summed E-state index contributed by atoms with van der Waals surface area (Å²) in [5.74, 6) is 2.09. The van der Waals surface area contributed by atoms with Crippen LogP contribution < -0.4 is 14.8 Å². The molecule has 0 aliphatic carbocycles. The maximum absolute atomic E-state index is 6.01. The summed E-state index contributed by atoms with van der Waals surface area (Å²) in [4.78, 5) is 0. The standard InChI is InChI=1S/C18H19BrClNO2/c19-15-4-5-17(22-11-13-2-1-3-16(20)8-13)18(9-15)23-12-14-6-7-21-10-14/h1-5,8-9,14,21H,6-7,10-12H2. The average Bonchev–Trinajstić information content (AvgIpc) is 3.05. The molecule has 5 heteroatoms. The summed E-state index contributed by atoms with van der Waals surface area (Å²) in [6.07, 6.45) is 1.16. The van der Waals surface area contributed by atoms with E-state index in [0.29, 0.717) is 24.2 Å². The van der Waals surface area contributed by atoms with E-state index < -0.39 is 0 Å². The average molecular weight is 397 g/mol. The Morgan fingerprint density at radius 3 is 2.83 bits per heavy atom. The topological polar surface area (TPSA) is 30.5 Å². The molecule has 0 bridgehead atoms. The quantitative estimate of drug-likeness (QED) is 0.769. The van der Waals surface area contributed by atoms with Crippen LogP contribution in [0.25, 0.3) is 0 Å². The second-order valence-electron chi connectivity index (χ2n) is 5.68. The van der Waals surface area contributed by atoms with Gasteiger partial charge in [-0.15, -0.1) is 0 Å². The van der Waals surface area contributed by atoms with Gasteiger partial charge in [0.05, 0.1) is 6.61 Å². The van der Waals surface area contributed by atoms with Gasteiger partial charge in [0.2, 0.25) is 0 Å². The van der Waals surface area contributed by atoms with E-state index in [9.17, 15) is 0 Å². The summed E-state index contributed by atoms with van der Waals surface area (Å²) in [5.41, 5.74) is 1.03. The zero-order valence-corrected chi connectivity index (χ0v) is 15.1. The van der Waals surface area contributed by atoms with Gasteiger partial charge in [-0.1, -0.05) is 39.7 Å². The van der Waals surface area contributed by atoms with E-state index in [4.69, 9.17) is 21.1 Å². The van der Waals surface area contributed by atoms with E-state index in [0.717, 1.165) is 41.0 Å². The van der Waals surface area contributed by atoms with Crippen molar-refractivity contribution in [2.45, 2.75) is 13.0 Å². The highest BCUT2D eigenvalue weighted by Gasteiger charge is 2.16. The van der Waals surface area contributed by atoms with Gasteiger partial charge < -0.3 is 14.8 Å². The van der Waals surface area contributed by atoms with Gasteiger partial charge in [0.25, 0.3) is 0 Å². The molecule has 0 amide bonds. The number of halogens is 2. The summed E-state index contributed by atoms with van der Waals surface area (Å²) < 4.78 is 12.9. The van der Waals surface area contributed by atoms with Crippen LogP contribution in [0.5, 0.6) is 11.5 Å². The van der Waals surface area contributed by atoms with E-state index in [2.05, 4.69) is 21.2 Å². The van der Waals surface area contributed by atoms with Crippen molar-refractivity contribution in [2.24, 2.45) is 5.92 Å². The fourth-order valence-corrected chi connectivity index (χ4v) is 3.12. The highest BCUT2D eigenvalue weighted by molar-refractivity contribution is 9.10. The molecule has 122 valence electrons. The predicted molar refractivity (Wildman–Crippen MR) is 96.4 cm³/mol. The molecule has 0 saturated carbocycles. The van der Waals surface area contributed by atoms with Crippen molar-refractivity contribution < 1.29 is 9.47 Å². The molecule has 1 atom stereocenters. The molecule has 3 nitrogen and oxygen atoms in total. The van der Waals surface area contributed by atoms with Gasteiger partial charge in [0.1, 0.15) is 6.61 Å². The molecule has 1 saturated heterocycles. The summed E-state index contributed by atoms with van der Waals surface area (Å²) in [6.45, 7) is 3.26. The molecular weight excluding hydrogens is 378 g/mol. The largest absolute Gasteiger partial charge is 0.489 e. The lowest BCUT2D eigenvalue weighted by Gasteiger charge is -2.15. The Kier molecular flexibility index (Phi) is 5.81. The molecule has 3 rings (SSSR count). The lowest BCUT2D eigenvalue weighted by molar-refractivity contribution is 0.233. The Bertz CT molecular complexity index is 659. The first kappa shape index (κ1) is 16.6. The van der Waals surface area contributed by atoms with Gasteiger partial charge in [0, 0.05) is 22.0 Å². The first-order valence-electron chi connectivity index (χ1n) is 7.71.